The van der Waals surface area contributed by atoms with E-state index in [1.165, 1.54) is 0 Å². The summed E-state index contributed by atoms with van der Waals surface area (Å²) in [5.74, 6) is -1.31. The first-order valence-electron chi connectivity index (χ1n) is 6.23. The summed E-state index contributed by atoms with van der Waals surface area (Å²) in [5, 5.41) is 18.1. The number of carboxylic acid groups (broad SMARTS) is 1. The van der Waals surface area contributed by atoms with E-state index in [-0.39, 0.29) is 12.1 Å². The zero-order chi connectivity index (χ0) is 14.3. The number of amides is 2. The van der Waals surface area contributed by atoms with Gasteiger partial charge in [0.05, 0.1) is 12.5 Å². The van der Waals surface area contributed by atoms with Crippen LogP contribution in [0.2, 0.25) is 0 Å². The third-order valence-electron chi connectivity index (χ3n) is 2.68. The molecule has 0 bridgehead atoms. The average Bonchev–Trinajstić information content (AvgIpc) is 2.81. The largest absolute Gasteiger partial charge is 0.481 e. The molecule has 1 aromatic heterocycles. The van der Waals surface area contributed by atoms with Crippen LogP contribution in [0.4, 0.5) is 4.79 Å². The van der Waals surface area contributed by atoms with Crippen LogP contribution in [0.25, 0.3) is 0 Å². The Bertz CT molecular complexity index is 405. The summed E-state index contributed by atoms with van der Waals surface area (Å²) in [4.78, 5) is 22.1. The summed E-state index contributed by atoms with van der Waals surface area (Å²) in [5.41, 5.74) is 0. The molecule has 3 N–H and O–H groups in total. The summed E-state index contributed by atoms with van der Waals surface area (Å²) in [6.07, 6.45) is 3.92. The number of nitrogens with zero attached hydrogens (tertiary/aromatic N) is 2. The summed E-state index contributed by atoms with van der Waals surface area (Å²) in [7, 11) is 0. The van der Waals surface area contributed by atoms with Gasteiger partial charge in [-0.2, -0.15) is 5.10 Å². The van der Waals surface area contributed by atoms with Crippen LogP contribution in [0.15, 0.2) is 18.5 Å². The summed E-state index contributed by atoms with van der Waals surface area (Å²) < 4.78 is 1.73. The lowest BCUT2D eigenvalue weighted by molar-refractivity contribution is -0.141. The van der Waals surface area contributed by atoms with Crippen molar-refractivity contribution in [3.63, 3.8) is 0 Å². The van der Waals surface area contributed by atoms with E-state index in [1.54, 1.807) is 17.8 Å². The van der Waals surface area contributed by atoms with E-state index >= 15 is 0 Å². The van der Waals surface area contributed by atoms with Gasteiger partial charge in [-0.3, -0.25) is 9.48 Å². The maximum atomic E-state index is 11.5. The minimum Gasteiger partial charge on any atom is -0.481 e. The minimum absolute atomic E-state index is 0.0585. The van der Waals surface area contributed by atoms with Crippen LogP contribution in [-0.2, 0) is 11.3 Å². The topological polar surface area (TPSA) is 96.3 Å². The van der Waals surface area contributed by atoms with Gasteiger partial charge in [0.15, 0.2) is 0 Å². The van der Waals surface area contributed by atoms with Gasteiger partial charge in [-0.05, 0) is 19.4 Å². The number of nitrogens with one attached hydrogen (secondary N) is 2. The van der Waals surface area contributed by atoms with Crippen molar-refractivity contribution in [2.45, 2.75) is 32.9 Å². The molecule has 0 aliphatic rings. The molecule has 0 spiro atoms. The van der Waals surface area contributed by atoms with Gasteiger partial charge in [0.1, 0.15) is 0 Å². The summed E-state index contributed by atoms with van der Waals surface area (Å²) in [6.45, 7) is 4.42. The normalized spacial score (nSPS) is 13.6. The van der Waals surface area contributed by atoms with E-state index < -0.39 is 11.9 Å². The van der Waals surface area contributed by atoms with E-state index in [9.17, 15) is 9.59 Å². The Balaban J connectivity index is 2.18. The lowest BCUT2D eigenvalue weighted by Crippen LogP contribution is -2.43. The number of hydrogen-bond donors (Lipinski definition) is 3. The van der Waals surface area contributed by atoms with E-state index in [1.807, 2.05) is 19.2 Å². The Morgan fingerprint density at radius 1 is 1.42 bits per heavy atom. The lowest BCUT2D eigenvalue weighted by Gasteiger charge is -2.15. The molecule has 0 aliphatic heterocycles. The second-order valence-electron chi connectivity index (χ2n) is 4.56. The quantitative estimate of drug-likeness (QED) is 0.677. The molecule has 0 radical (unpaired) electrons. The standard InChI is InChI=1S/C12H20N4O3/c1-9(11(17)18)4-6-13-12(19)15-10(2)8-16-7-3-5-14-16/h3,5,7,9-10H,4,6,8H2,1-2H3,(H,17,18)(H2,13,15,19). The van der Waals surface area contributed by atoms with Crippen LogP contribution in [0, 0.1) is 5.92 Å². The van der Waals surface area contributed by atoms with Gasteiger partial charge in [-0.25, -0.2) is 4.79 Å². The van der Waals surface area contributed by atoms with Crippen molar-refractivity contribution >= 4 is 12.0 Å². The number of carbonyl (C=O) groups excluding carboxylic acids is 1. The molecule has 2 atom stereocenters. The Morgan fingerprint density at radius 3 is 2.74 bits per heavy atom. The highest BCUT2D eigenvalue weighted by Crippen LogP contribution is 1.99. The van der Waals surface area contributed by atoms with Crippen LogP contribution >= 0.6 is 0 Å². The molecule has 0 fully saturated rings. The first kappa shape index (κ1) is 15.0. The number of carbonyl (C=O) groups is 2. The first-order chi connectivity index (χ1) is 8.99. The van der Waals surface area contributed by atoms with Crippen LogP contribution in [0.3, 0.4) is 0 Å². The van der Waals surface area contributed by atoms with Crippen molar-refractivity contribution in [2.24, 2.45) is 5.92 Å². The SMILES string of the molecule is CC(Cn1cccn1)NC(=O)NCCC(C)C(=O)O. The highest BCUT2D eigenvalue weighted by molar-refractivity contribution is 5.74. The van der Waals surface area contributed by atoms with Crippen molar-refractivity contribution in [2.75, 3.05) is 6.54 Å². The third kappa shape index (κ3) is 5.89. The van der Waals surface area contributed by atoms with Crippen molar-refractivity contribution in [1.82, 2.24) is 20.4 Å². The Morgan fingerprint density at radius 2 is 2.16 bits per heavy atom. The van der Waals surface area contributed by atoms with Crippen LogP contribution in [0.5, 0.6) is 0 Å². The molecule has 1 aromatic rings. The van der Waals surface area contributed by atoms with Gasteiger partial charge >= 0.3 is 12.0 Å². The predicted molar refractivity (Wildman–Crippen MR) is 69.6 cm³/mol. The van der Waals surface area contributed by atoms with Crippen molar-refractivity contribution in [3.8, 4) is 0 Å². The summed E-state index contributed by atoms with van der Waals surface area (Å²) in [6, 6.07) is 1.47. The lowest BCUT2D eigenvalue weighted by atomic mass is 10.1. The molecule has 0 saturated carbocycles. The Hall–Kier alpha value is -2.05. The molecule has 1 rings (SSSR count). The fraction of sp³-hybridized carbons (Fsp3) is 0.583. The molecule has 0 aromatic carbocycles. The summed E-state index contributed by atoms with van der Waals surface area (Å²) >= 11 is 0. The van der Waals surface area contributed by atoms with Gasteiger partial charge in [-0.1, -0.05) is 6.92 Å². The van der Waals surface area contributed by atoms with Gasteiger partial charge in [-0.15, -0.1) is 0 Å². The van der Waals surface area contributed by atoms with E-state index in [4.69, 9.17) is 5.11 Å². The maximum Gasteiger partial charge on any atom is 0.315 e. The third-order valence-corrected chi connectivity index (χ3v) is 2.68. The maximum absolute atomic E-state index is 11.5. The number of rotatable bonds is 7. The monoisotopic (exact) mass is 268 g/mol. The smallest absolute Gasteiger partial charge is 0.315 e. The van der Waals surface area contributed by atoms with E-state index in [0.717, 1.165) is 0 Å². The molecule has 0 saturated heterocycles. The van der Waals surface area contributed by atoms with E-state index in [0.29, 0.717) is 19.5 Å². The molecule has 1 heterocycles. The Kier molecular flexibility index (Phi) is 5.84. The molecule has 0 aliphatic carbocycles. The minimum atomic E-state index is -0.853. The molecular weight excluding hydrogens is 248 g/mol. The van der Waals surface area contributed by atoms with Crippen LogP contribution < -0.4 is 10.6 Å². The average molecular weight is 268 g/mol. The Labute approximate surface area is 112 Å². The van der Waals surface area contributed by atoms with Gasteiger partial charge in [0.25, 0.3) is 0 Å². The molecule has 7 nitrogen and oxygen atoms in total. The zero-order valence-corrected chi connectivity index (χ0v) is 11.2. The fourth-order valence-corrected chi connectivity index (χ4v) is 1.54. The number of aliphatic carboxylic acids is 1. The molecule has 2 amide bonds. The molecular formula is C12H20N4O3. The van der Waals surface area contributed by atoms with Gasteiger partial charge in [0, 0.05) is 25.0 Å². The zero-order valence-electron chi connectivity index (χ0n) is 11.2. The number of aromatic nitrogens is 2. The van der Waals surface area contributed by atoms with Gasteiger partial charge < -0.3 is 15.7 Å². The molecule has 106 valence electrons. The van der Waals surface area contributed by atoms with E-state index in [2.05, 4.69) is 15.7 Å². The van der Waals surface area contributed by atoms with Gasteiger partial charge in [0.2, 0.25) is 0 Å². The van der Waals surface area contributed by atoms with Crippen molar-refractivity contribution in [3.05, 3.63) is 18.5 Å². The van der Waals surface area contributed by atoms with Crippen molar-refractivity contribution in [1.29, 1.82) is 0 Å². The predicted octanol–water partition coefficient (Wildman–Crippen LogP) is 0.682. The number of urea groups is 1. The molecule has 7 heteroatoms. The number of carboxylic acids is 1. The second-order valence-corrected chi connectivity index (χ2v) is 4.56. The van der Waals surface area contributed by atoms with Crippen molar-refractivity contribution < 1.29 is 14.7 Å². The molecule has 2 unspecified atom stereocenters. The fourth-order valence-electron chi connectivity index (χ4n) is 1.54. The second kappa shape index (κ2) is 7.40. The van der Waals surface area contributed by atoms with Crippen LogP contribution in [0.1, 0.15) is 20.3 Å². The highest BCUT2D eigenvalue weighted by atomic mass is 16.4. The molecule has 19 heavy (non-hydrogen) atoms. The van der Waals surface area contributed by atoms with Crippen LogP contribution in [-0.4, -0.2) is 39.5 Å². The highest BCUT2D eigenvalue weighted by Gasteiger charge is 2.12. The first-order valence-corrected chi connectivity index (χ1v) is 6.23. The number of hydrogen-bond acceptors (Lipinski definition) is 3.